The fourth-order valence-electron chi connectivity index (χ4n) is 1.41. The lowest BCUT2D eigenvalue weighted by molar-refractivity contribution is -0.0275. The van der Waals surface area contributed by atoms with Crippen molar-refractivity contribution >= 4 is 0 Å². The van der Waals surface area contributed by atoms with Crippen LogP contribution in [0.4, 0.5) is 0 Å². The summed E-state index contributed by atoms with van der Waals surface area (Å²) in [5.74, 6) is 0.509. The predicted octanol–water partition coefficient (Wildman–Crippen LogP) is 0.927. The lowest BCUT2D eigenvalue weighted by atomic mass is 10.1. The van der Waals surface area contributed by atoms with Crippen LogP contribution in [0.25, 0.3) is 0 Å². The minimum absolute atomic E-state index is 0.247. The first-order valence-corrected chi connectivity index (χ1v) is 6.63. The molecule has 110 valence electrons. The van der Waals surface area contributed by atoms with Gasteiger partial charge >= 0.3 is 0 Å². The Bertz CT molecular complexity index is 167. The van der Waals surface area contributed by atoms with E-state index in [1.165, 1.54) is 0 Å². The van der Waals surface area contributed by atoms with Crippen LogP contribution in [0.3, 0.4) is 0 Å². The van der Waals surface area contributed by atoms with Gasteiger partial charge < -0.3 is 24.3 Å². The summed E-state index contributed by atoms with van der Waals surface area (Å²) in [7, 11) is 3.60. The molecule has 0 fully saturated rings. The van der Waals surface area contributed by atoms with E-state index in [9.17, 15) is 0 Å². The average molecular weight is 263 g/mol. The van der Waals surface area contributed by atoms with E-state index in [1.807, 2.05) is 7.05 Å². The topological polar surface area (TPSA) is 49.0 Å². The summed E-state index contributed by atoms with van der Waals surface area (Å²) < 4.78 is 21.3. The van der Waals surface area contributed by atoms with E-state index >= 15 is 0 Å². The summed E-state index contributed by atoms with van der Waals surface area (Å²) in [5, 5.41) is 3.13. The number of likely N-dealkylation sites (N-methyl/N-ethyl adjacent to an activating group) is 1. The third kappa shape index (κ3) is 10.9. The summed E-state index contributed by atoms with van der Waals surface area (Å²) >= 11 is 0. The minimum Gasteiger partial charge on any atom is -0.382 e. The van der Waals surface area contributed by atoms with Crippen molar-refractivity contribution in [3.05, 3.63) is 0 Å². The van der Waals surface area contributed by atoms with E-state index in [4.69, 9.17) is 18.9 Å². The Kier molecular flexibility index (Phi) is 13.1. The highest BCUT2D eigenvalue weighted by Crippen LogP contribution is 2.05. The molecule has 0 aliphatic carbocycles. The van der Waals surface area contributed by atoms with Crippen molar-refractivity contribution in [1.29, 1.82) is 0 Å². The zero-order valence-corrected chi connectivity index (χ0v) is 12.2. The molecule has 0 rings (SSSR count). The maximum absolute atomic E-state index is 5.74. The first-order chi connectivity index (χ1) is 8.72. The largest absolute Gasteiger partial charge is 0.382 e. The van der Waals surface area contributed by atoms with E-state index in [0.717, 1.165) is 6.54 Å². The molecule has 5 heteroatoms. The molecule has 0 radical (unpaired) electrons. The molecule has 5 nitrogen and oxygen atoms in total. The van der Waals surface area contributed by atoms with Crippen molar-refractivity contribution in [3.63, 3.8) is 0 Å². The Hall–Kier alpha value is -0.200. The number of hydrogen-bond donors (Lipinski definition) is 1. The van der Waals surface area contributed by atoms with Crippen molar-refractivity contribution < 1.29 is 18.9 Å². The SMILES string of the molecule is CNCC(OCCOCCOCCOC)C(C)C. The third-order valence-corrected chi connectivity index (χ3v) is 2.51. The van der Waals surface area contributed by atoms with Gasteiger partial charge in [-0.15, -0.1) is 0 Å². The molecule has 0 spiro atoms. The number of methoxy groups -OCH3 is 1. The van der Waals surface area contributed by atoms with Gasteiger partial charge in [0.25, 0.3) is 0 Å². The van der Waals surface area contributed by atoms with Gasteiger partial charge in [-0.05, 0) is 13.0 Å². The van der Waals surface area contributed by atoms with Gasteiger partial charge in [0.15, 0.2) is 0 Å². The average Bonchev–Trinajstić information content (AvgIpc) is 2.35. The molecule has 0 heterocycles. The van der Waals surface area contributed by atoms with E-state index in [0.29, 0.717) is 45.6 Å². The molecule has 0 saturated carbocycles. The van der Waals surface area contributed by atoms with E-state index in [-0.39, 0.29) is 6.10 Å². The van der Waals surface area contributed by atoms with Crippen LogP contribution in [0.2, 0.25) is 0 Å². The highest BCUT2D eigenvalue weighted by Gasteiger charge is 2.12. The van der Waals surface area contributed by atoms with E-state index in [2.05, 4.69) is 19.2 Å². The minimum atomic E-state index is 0.247. The van der Waals surface area contributed by atoms with Crippen LogP contribution >= 0.6 is 0 Å². The van der Waals surface area contributed by atoms with Gasteiger partial charge in [0.1, 0.15) is 0 Å². The fourth-order valence-corrected chi connectivity index (χ4v) is 1.41. The van der Waals surface area contributed by atoms with Gasteiger partial charge in [0, 0.05) is 13.7 Å². The zero-order chi connectivity index (χ0) is 13.6. The summed E-state index contributed by atoms with van der Waals surface area (Å²) in [5.41, 5.74) is 0. The second kappa shape index (κ2) is 13.2. The molecular formula is C13H29NO4. The zero-order valence-electron chi connectivity index (χ0n) is 12.2. The molecule has 0 bridgehead atoms. The van der Waals surface area contributed by atoms with Crippen LogP contribution < -0.4 is 5.32 Å². The summed E-state index contributed by atoms with van der Waals surface area (Å²) in [6, 6.07) is 0. The first-order valence-electron chi connectivity index (χ1n) is 6.63. The van der Waals surface area contributed by atoms with Crippen LogP contribution in [0.1, 0.15) is 13.8 Å². The Balaban J connectivity index is 3.27. The van der Waals surface area contributed by atoms with Crippen LogP contribution in [0.5, 0.6) is 0 Å². The van der Waals surface area contributed by atoms with Crippen molar-refractivity contribution in [2.45, 2.75) is 20.0 Å². The second-order valence-electron chi connectivity index (χ2n) is 4.43. The molecule has 0 amide bonds. The van der Waals surface area contributed by atoms with Gasteiger partial charge in [-0.2, -0.15) is 0 Å². The second-order valence-corrected chi connectivity index (χ2v) is 4.43. The molecule has 0 aliphatic heterocycles. The summed E-state index contributed by atoms with van der Waals surface area (Å²) in [4.78, 5) is 0. The first kappa shape index (κ1) is 17.8. The maximum atomic E-state index is 5.74. The van der Waals surface area contributed by atoms with E-state index in [1.54, 1.807) is 7.11 Å². The molecule has 1 atom stereocenters. The Morgan fingerprint density at radius 1 is 0.889 bits per heavy atom. The van der Waals surface area contributed by atoms with Crippen molar-refractivity contribution in [1.82, 2.24) is 5.32 Å². The summed E-state index contributed by atoms with van der Waals surface area (Å²) in [6.07, 6.45) is 0.247. The van der Waals surface area contributed by atoms with Crippen molar-refractivity contribution in [2.24, 2.45) is 5.92 Å². The highest BCUT2D eigenvalue weighted by atomic mass is 16.6. The molecule has 18 heavy (non-hydrogen) atoms. The van der Waals surface area contributed by atoms with Crippen LogP contribution in [0, 0.1) is 5.92 Å². The highest BCUT2D eigenvalue weighted by molar-refractivity contribution is 4.64. The smallest absolute Gasteiger partial charge is 0.0723 e. The Morgan fingerprint density at radius 3 is 1.94 bits per heavy atom. The van der Waals surface area contributed by atoms with Crippen LogP contribution in [0.15, 0.2) is 0 Å². The molecular weight excluding hydrogens is 234 g/mol. The molecule has 0 aliphatic rings. The molecule has 1 N–H and O–H groups in total. The monoisotopic (exact) mass is 263 g/mol. The van der Waals surface area contributed by atoms with Crippen LogP contribution in [-0.2, 0) is 18.9 Å². The number of hydrogen-bond acceptors (Lipinski definition) is 5. The van der Waals surface area contributed by atoms with Crippen molar-refractivity contribution in [3.8, 4) is 0 Å². The quantitative estimate of drug-likeness (QED) is 0.501. The molecule has 0 saturated heterocycles. The van der Waals surface area contributed by atoms with Gasteiger partial charge in [0.05, 0.1) is 45.7 Å². The lowest BCUT2D eigenvalue weighted by Gasteiger charge is -2.21. The van der Waals surface area contributed by atoms with Crippen molar-refractivity contribution in [2.75, 3.05) is 60.3 Å². The van der Waals surface area contributed by atoms with Gasteiger partial charge in [-0.3, -0.25) is 0 Å². The summed E-state index contributed by atoms with van der Waals surface area (Å²) in [6.45, 7) is 8.88. The Morgan fingerprint density at radius 2 is 1.44 bits per heavy atom. The predicted molar refractivity (Wildman–Crippen MR) is 72.0 cm³/mol. The number of rotatable bonds is 13. The third-order valence-electron chi connectivity index (χ3n) is 2.51. The van der Waals surface area contributed by atoms with Gasteiger partial charge in [0.2, 0.25) is 0 Å². The molecule has 0 aromatic carbocycles. The molecule has 1 unspecified atom stereocenters. The van der Waals surface area contributed by atoms with E-state index < -0.39 is 0 Å². The normalized spacial score (nSPS) is 13.2. The molecule has 0 aromatic heterocycles. The number of ether oxygens (including phenoxy) is 4. The van der Waals surface area contributed by atoms with Gasteiger partial charge in [-0.1, -0.05) is 13.8 Å². The molecule has 0 aromatic rings. The number of nitrogens with one attached hydrogen (secondary N) is 1. The lowest BCUT2D eigenvalue weighted by Crippen LogP contribution is -2.32. The fraction of sp³-hybridized carbons (Fsp3) is 1.00. The Labute approximate surface area is 111 Å². The van der Waals surface area contributed by atoms with Crippen LogP contribution in [-0.4, -0.2) is 66.4 Å². The standard InChI is InChI=1S/C13H29NO4/c1-12(2)13(11-14-3)18-10-9-17-8-7-16-6-5-15-4/h12-14H,5-11H2,1-4H3. The van der Waals surface area contributed by atoms with Gasteiger partial charge in [-0.25, -0.2) is 0 Å². The maximum Gasteiger partial charge on any atom is 0.0723 e.